The van der Waals surface area contributed by atoms with Crippen LogP contribution in [0.3, 0.4) is 0 Å². The Morgan fingerprint density at radius 3 is 2.71 bits per heavy atom. The van der Waals surface area contributed by atoms with Crippen LogP contribution >= 0.6 is 27.3 Å². The molecule has 1 heterocycles. The third-order valence-electron chi connectivity index (χ3n) is 2.50. The van der Waals surface area contributed by atoms with E-state index in [9.17, 15) is 0 Å². The molecular formula is C13H15BrN2S. The standard InChI is InChI=1S/C13H15BrN2S/c1-10-15-12(9-17-10)8-16(2)7-11-5-3-4-6-13(11)14/h3-6,9H,7-8H2,1-2H3. The molecule has 0 bridgehead atoms. The Bertz CT molecular complexity index is 496. The van der Waals surface area contributed by atoms with E-state index < -0.39 is 0 Å². The number of hydrogen-bond donors (Lipinski definition) is 0. The van der Waals surface area contributed by atoms with Gasteiger partial charge in [0.25, 0.3) is 0 Å². The van der Waals surface area contributed by atoms with Gasteiger partial charge in [0.2, 0.25) is 0 Å². The Kier molecular flexibility index (Phi) is 4.31. The van der Waals surface area contributed by atoms with Crippen LogP contribution in [0.15, 0.2) is 34.1 Å². The lowest BCUT2D eigenvalue weighted by Crippen LogP contribution is -2.17. The minimum atomic E-state index is 0.895. The molecule has 17 heavy (non-hydrogen) atoms. The van der Waals surface area contributed by atoms with Gasteiger partial charge in [0.05, 0.1) is 10.7 Å². The summed E-state index contributed by atoms with van der Waals surface area (Å²) in [6.07, 6.45) is 0. The van der Waals surface area contributed by atoms with Crippen molar-refractivity contribution < 1.29 is 0 Å². The number of hydrogen-bond acceptors (Lipinski definition) is 3. The van der Waals surface area contributed by atoms with E-state index >= 15 is 0 Å². The summed E-state index contributed by atoms with van der Waals surface area (Å²) in [6, 6.07) is 8.33. The van der Waals surface area contributed by atoms with Crippen LogP contribution in [0.1, 0.15) is 16.3 Å². The molecule has 2 rings (SSSR count). The zero-order chi connectivity index (χ0) is 12.3. The Labute approximate surface area is 114 Å². The largest absolute Gasteiger partial charge is 0.296 e. The number of benzene rings is 1. The van der Waals surface area contributed by atoms with Crippen molar-refractivity contribution in [3.8, 4) is 0 Å². The van der Waals surface area contributed by atoms with Crippen LogP contribution in [0.5, 0.6) is 0 Å². The van der Waals surface area contributed by atoms with Crippen molar-refractivity contribution in [2.24, 2.45) is 0 Å². The smallest absolute Gasteiger partial charge is 0.0897 e. The molecule has 1 aromatic heterocycles. The maximum absolute atomic E-state index is 4.48. The zero-order valence-corrected chi connectivity index (χ0v) is 12.4. The summed E-state index contributed by atoms with van der Waals surface area (Å²) in [5, 5.41) is 3.26. The predicted molar refractivity (Wildman–Crippen MR) is 76.2 cm³/mol. The highest BCUT2D eigenvalue weighted by Gasteiger charge is 2.06. The molecule has 0 saturated heterocycles. The van der Waals surface area contributed by atoms with Crippen molar-refractivity contribution in [1.29, 1.82) is 0 Å². The van der Waals surface area contributed by atoms with Crippen molar-refractivity contribution in [1.82, 2.24) is 9.88 Å². The molecule has 90 valence electrons. The molecule has 0 aliphatic heterocycles. The van der Waals surface area contributed by atoms with Gasteiger partial charge in [0.15, 0.2) is 0 Å². The lowest BCUT2D eigenvalue weighted by Gasteiger charge is -2.16. The summed E-state index contributed by atoms with van der Waals surface area (Å²) >= 11 is 5.28. The molecule has 0 spiro atoms. The van der Waals surface area contributed by atoms with Gasteiger partial charge in [-0.1, -0.05) is 34.1 Å². The van der Waals surface area contributed by atoms with Crippen molar-refractivity contribution >= 4 is 27.3 Å². The summed E-state index contributed by atoms with van der Waals surface area (Å²) in [6.45, 7) is 3.87. The van der Waals surface area contributed by atoms with Gasteiger partial charge in [0.1, 0.15) is 0 Å². The maximum Gasteiger partial charge on any atom is 0.0897 e. The predicted octanol–water partition coefficient (Wildman–Crippen LogP) is 3.85. The van der Waals surface area contributed by atoms with Gasteiger partial charge in [0, 0.05) is 22.9 Å². The van der Waals surface area contributed by atoms with Crippen LogP contribution in [0, 0.1) is 6.92 Å². The first-order chi connectivity index (χ1) is 8.15. The Morgan fingerprint density at radius 2 is 2.06 bits per heavy atom. The second kappa shape index (κ2) is 5.76. The number of rotatable bonds is 4. The quantitative estimate of drug-likeness (QED) is 0.853. The molecule has 2 aromatic rings. The van der Waals surface area contributed by atoms with Crippen LogP contribution in [-0.2, 0) is 13.1 Å². The van der Waals surface area contributed by atoms with E-state index in [0.717, 1.165) is 23.8 Å². The van der Waals surface area contributed by atoms with Gasteiger partial charge < -0.3 is 0 Å². The van der Waals surface area contributed by atoms with E-state index in [2.05, 4.69) is 56.4 Å². The fraction of sp³-hybridized carbons (Fsp3) is 0.308. The first-order valence-corrected chi connectivity index (χ1v) is 7.15. The third-order valence-corrected chi connectivity index (χ3v) is 4.09. The summed E-state index contributed by atoms with van der Waals surface area (Å²) < 4.78 is 1.17. The van der Waals surface area contributed by atoms with E-state index in [4.69, 9.17) is 0 Å². The fourth-order valence-electron chi connectivity index (χ4n) is 1.73. The molecule has 4 heteroatoms. The van der Waals surface area contributed by atoms with E-state index in [0.29, 0.717) is 0 Å². The Morgan fingerprint density at radius 1 is 1.29 bits per heavy atom. The third kappa shape index (κ3) is 3.63. The number of aromatic nitrogens is 1. The minimum Gasteiger partial charge on any atom is -0.296 e. The van der Waals surface area contributed by atoms with Gasteiger partial charge in [-0.05, 0) is 25.6 Å². The lowest BCUT2D eigenvalue weighted by atomic mass is 10.2. The molecule has 0 saturated carbocycles. The van der Waals surface area contributed by atoms with Crippen molar-refractivity contribution in [2.75, 3.05) is 7.05 Å². The summed E-state index contributed by atoms with van der Waals surface area (Å²) in [5.41, 5.74) is 2.46. The molecule has 0 aliphatic carbocycles. The van der Waals surface area contributed by atoms with E-state index in [1.807, 2.05) is 13.0 Å². The highest BCUT2D eigenvalue weighted by molar-refractivity contribution is 9.10. The second-order valence-electron chi connectivity index (χ2n) is 4.12. The number of nitrogens with zero attached hydrogens (tertiary/aromatic N) is 2. The lowest BCUT2D eigenvalue weighted by molar-refractivity contribution is 0.315. The summed E-state index contributed by atoms with van der Waals surface area (Å²) in [7, 11) is 2.12. The maximum atomic E-state index is 4.48. The molecule has 0 radical (unpaired) electrons. The van der Waals surface area contributed by atoms with Crippen LogP contribution in [0.2, 0.25) is 0 Å². The van der Waals surface area contributed by atoms with Crippen molar-refractivity contribution in [2.45, 2.75) is 20.0 Å². The Hall–Kier alpha value is -0.710. The summed E-state index contributed by atoms with van der Waals surface area (Å²) in [4.78, 5) is 6.75. The van der Waals surface area contributed by atoms with E-state index in [-0.39, 0.29) is 0 Å². The SMILES string of the molecule is Cc1nc(CN(C)Cc2ccccc2Br)cs1. The first-order valence-electron chi connectivity index (χ1n) is 5.48. The van der Waals surface area contributed by atoms with Gasteiger partial charge in [-0.2, -0.15) is 0 Å². The van der Waals surface area contributed by atoms with Crippen LogP contribution in [0.4, 0.5) is 0 Å². The van der Waals surface area contributed by atoms with Crippen LogP contribution < -0.4 is 0 Å². The van der Waals surface area contributed by atoms with Crippen LogP contribution in [0.25, 0.3) is 0 Å². The average Bonchev–Trinajstić information content (AvgIpc) is 2.67. The van der Waals surface area contributed by atoms with E-state index in [1.54, 1.807) is 11.3 Å². The average molecular weight is 311 g/mol. The van der Waals surface area contributed by atoms with E-state index in [1.165, 1.54) is 10.0 Å². The zero-order valence-electron chi connectivity index (χ0n) is 9.98. The monoisotopic (exact) mass is 310 g/mol. The molecule has 0 amide bonds. The number of halogens is 1. The van der Waals surface area contributed by atoms with Gasteiger partial charge in [-0.25, -0.2) is 4.98 Å². The molecule has 0 N–H and O–H groups in total. The number of aryl methyl sites for hydroxylation is 1. The van der Waals surface area contributed by atoms with Crippen LogP contribution in [-0.4, -0.2) is 16.9 Å². The highest BCUT2D eigenvalue weighted by atomic mass is 79.9. The molecule has 0 unspecified atom stereocenters. The highest BCUT2D eigenvalue weighted by Crippen LogP contribution is 2.18. The minimum absolute atomic E-state index is 0.895. The molecule has 1 aromatic carbocycles. The molecule has 0 aliphatic rings. The van der Waals surface area contributed by atoms with Gasteiger partial charge in [-0.3, -0.25) is 4.90 Å². The molecular weight excluding hydrogens is 296 g/mol. The van der Waals surface area contributed by atoms with Gasteiger partial charge >= 0.3 is 0 Å². The van der Waals surface area contributed by atoms with Gasteiger partial charge in [-0.15, -0.1) is 11.3 Å². The normalized spacial score (nSPS) is 11.1. The molecule has 0 fully saturated rings. The number of thiazole rings is 1. The summed E-state index contributed by atoms with van der Waals surface area (Å²) in [5.74, 6) is 0. The fourth-order valence-corrected chi connectivity index (χ4v) is 2.74. The van der Waals surface area contributed by atoms with Crippen molar-refractivity contribution in [3.05, 3.63) is 50.4 Å². The second-order valence-corrected chi connectivity index (χ2v) is 6.04. The topological polar surface area (TPSA) is 16.1 Å². The first kappa shape index (κ1) is 12.7. The Balaban J connectivity index is 1.98. The van der Waals surface area contributed by atoms with Crippen molar-refractivity contribution in [3.63, 3.8) is 0 Å². The molecule has 0 atom stereocenters. The molecule has 2 nitrogen and oxygen atoms in total.